The van der Waals surface area contributed by atoms with Crippen molar-refractivity contribution >= 4 is 27.5 Å². The van der Waals surface area contributed by atoms with Crippen molar-refractivity contribution in [1.29, 1.82) is 0 Å². The number of aliphatic hydroxyl groups is 1. The molecular weight excluding hydrogens is 441 g/mol. The summed E-state index contributed by atoms with van der Waals surface area (Å²) < 4.78 is 15.2. The van der Waals surface area contributed by atoms with E-state index in [1.807, 2.05) is 23.6 Å². The van der Waals surface area contributed by atoms with Crippen molar-refractivity contribution < 1.29 is 14.3 Å². The quantitative estimate of drug-likeness (QED) is 0.498. The number of hydrogen-bond donors (Lipinski definition) is 1. The summed E-state index contributed by atoms with van der Waals surface area (Å²) in [5, 5.41) is 13.0. The van der Waals surface area contributed by atoms with Crippen LogP contribution in [0.2, 0.25) is 0 Å². The number of carbonyl (C=O) groups is 1. The normalized spacial score (nSPS) is 15.6. The van der Waals surface area contributed by atoms with Gasteiger partial charge in [0, 0.05) is 29.6 Å². The van der Waals surface area contributed by atoms with Gasteiger partial charge in [-0.3, -0.25) is 14.2 Å². The lowest BCUT2D eigenvalue weighted by Gasteiger charge is -2.38. The largest absolute Gasteiger partial charge is 0.388 e. The van der Waals surface area contributed by atoms with Crippen LogP contribution in [0.3, 0.4) is 0 Å². The number of nitrogens with zero attached hydrogens (tertiary/aromatic N) is 3. The highest BCUT2D eigenvalue weighted by Crippen LogP contribution is 2.31. The highest BCUT2D eigenvalue weighted by atomic mass is 32.1. The van der Waals surface area contributed by atoms with Crippen molar-refractivity contribution in [3.8, 4) is 11.1 Å². The minimum absolute atomic E-state index is 0.0511. The Balaban J connectivity index is 1.33. The van der Waals surface area contributed by atoms with Gasteiger partial charge in [-0.15, -0.1) is 11.3 Å². The number of piperidine rings is 1. The number of halogens is 1. The van der Waals surface area contributed by atoms with E-state index in [0.29, 0.717) is 41.7 Å². The van der Waals surface area contributed by atoms with E-state index in [-0.39, 0.29) is 23.8 Å². The molecule has 1 aliphatic heterocycles. The summed E-state index contributed by atoms with van der Waals surface area (Å²) in [6.07, 6.45) is 2.21. The predicted octanol–water partition coefficient (Wildman–Crippen LogP) is 3.93. The van der Waals surface area contributed by atoms with Gasteiger partial charge in [0.2, 0.25) is 0 Å². The molecule has 5 rings (SSSR count). The maximum atomic E-state index is 13.3. The van der Waals surface area contributed by atoms with Crippen LogP contribution in [0.5, 0.6) is 0 Å². The van der Waals surface area contributed by atoms with Crippen LogP contribution in [0, 0.1) is 5.82 Å². The van der Waals surface area contributed by atoms with Crippen LogP contribution in [0.1, 0.15) is 23.2 Å². The molecule has 0 unspecified atom stereocenters. The fraction of sp³-hybridized carbons (Fsp3) is 0.240. The number of rotatable bonds is 4. The molecule has 4 aromatic rings. The lowest BCUT2D eigenvalue weighted by atomic mass is 9.91. The fourth-order valence-electron chi connectivity index (χ4n) is 4.25. The number of fused-ring (bicyclic) bond motifs is 1. The third-order valence-electron chi connectivity index (χ3n) is 6.17. The lowest BCUT2D eigenvalue weighted by Crippen LogP contribution is -2.49. The topological polar surface area (TPSA) is 75.4 Å². The smallest absolute Gasteiger partial charge is 0.271 e. The average molecular weight is 464 g/mol. The van der Waals surface area contributed by atoms with Gasteiger partial charge in [-0.2, -0.15) is 0 Å². The van der Waals surface area contributed by atoms with Gasteiger partial charge in [0.25, 0.3) is 11.5 Å². The first-order valence-electron chi connectivity index (χ1n) is 10.7. The van der Waals surface area contributed by atoms with Crippen LogP contribution in [0.4, 0.5) is 4.39 Å². The average Bonchev–Trinajstić information content (AvgIpc) is 3.27. The number of benzene rings is 2. The van der Waals surface area contributed by atoms with Crippen LogP contribution in [-0.4, -0.2) is 44.2 Å². The number of amides is 1. The van der Waals surface area contributed by atoms with Crippen molar-refractivity contribution in [3.63, 3.8) is 0 Å². The van der Waals surface area contributed by atoms with Gasteiger partial charge in [0.1, 0.15) is 10.5 Å². The number of thiophene rings is 1. The Labute approximate surface area is 193 Å². The maximum absolute atomic E-state index is 13.3. The molecule has 1 N–H and O–H groups in total. The first-order chi connectivity index (χ1) is 15.9. The summed E-state index contributed by atoms with van der Waals surface area (Å²) in [5.41, 5.74) is 1.47. The van der Waals surface area contributed by atoms with E-state index >= 15 is 0 Å². The summed E-state index contributed by atoms with van der Waals surface area (Å²) in [7, 11) is 0. The van der Waals surface area contributed by atoms with E-state index in [4.69, 9.17) is 0 Å². The minimum Gasteiger partial charge on any atom is -0.388 e. The van der Waals surface area contributed by atoms with E-state index in [9.17, 15) is 19.1 Å². The molecule has 2 aromatic carbocycles. The van der Waals surface area contributed by atoms with Crippen LogP contribution < -0.4 is 5.56 Å². The van der Waals surface area contributed by atoms with E-state index in [1.54, 1.807) is 29.2 Å². The molecule has 8 heteroatoms. The van der Waals surface area contributed by atoms with Crippen molar-refractivity contribution in [2.75, 3.05) is 13.1 Å². The Kier molecular flexibility index (Phi) is 5.55. The van der Waals surface area contributed by atoms with Crippen molar-refractivity contribution in [2.24, 2.45) is 0 Å². The summed E-state index contributed by atoms with van der Waals surface area (Å²) >= 11 is 1.29. The Morgan fingerprint density at radius 3 is 2.48 bits per heavy atom. The minimum atomic E-state index is -1.09. The Bertz CT molecular complexity index is 1360. The number of aromatic nitrogens is 2. The third kappa shape index (κ3) is 4.19. The number of hydrogen-bond acceptors (Lipinski definition) is 5. The van der Waals surface area contributed by atoms with Gasteiger partial charge in [0.15, 0.2) is 0 Å². The fourth-order valence-corrected chi connectivity index (χ4v) is 5.23. The van der Waals surface area contributed by atoms with Crippen molar-refractivity contribution in [1.82, 2.24) is 14.5 Å². The molecule has 1 saturated heterocycles. The zero-order valence-corrected chi connectivity index (χ0v) is 18.6. The second-order valence-corrected chi connectivity index (χ2v) is 9.27. The van der Waals surface area contributed by atoms with Crippen molar-refractivity contribution in [2.45, 2.75) is 25.0 Å². The standard InChI is InChI=1S/C25H22FN3O3S/c26-19-8-6-17(7-9-19)20-14-33-22-21(20)27-16-29(24(22)31)15-25(32)10-12-28(13-11-25)23(30)18-4-2-1-3-5-18/h1-9,14,16,32H,10-13,15H2. The summed E-state index contributed by atoms with van der Waals surface area (Å²) in [4.78, 5) is 32.0. The van der Waals surface area contributed by atoms with Crippen LogP contribution in [0.15, 0.2) is 71.1 Å². The molecule has 1 aliphatic rings. The molecule has 2 aromatic heterocycles. The lowest BCUT2D eigenvalue weighted by molar-refractivity contribution is -0.0299. The predicted molar refractivity (Wildman–Crippen MR) is 126 cm³/mol. The summed E-state index contributed by atoms with van der Waals surface area (Å²) in [6, 6.07) is 15.2. The molecule has 0 radical (unpaired) electrons. The Morgan fingerprint density at radius 2 is 1.79 bits per heavy atom. The van der Waals surface area contributed by atoms with E-state index in [2.05, 4.69) is 4.98 Å². The third-order valence-corrected chi connectivity index (χ3v) is 7.13. The van der Waals surface area contributed by atoms with Gasteiger partial charge in [-0.05, 0) is 42.7 Å². The maximum Gasteiger partial charge on any atom is 0.271 e. The molecule has 0 atom stereocenters. The number of carbonyl (C=O) groups excluding carboxylic acids is 1. The summed E-state index contributed by atoms with van der Waals surface area (Å²) in [5.74, 6) is -0.372. The van der Waals surface area contributed by atoms with Crippen LogP contribution >= 0.6 is 11.3 Å². The molecule has 0 spiro atoms. The van der Waals surface area contributed by atoms with E-state index < -0.39 is 5.60 Å². The molecule has 0 aliphatic carbocycles. The molecule has 1 fully saturated rings. The number of likely N-dealkylation sites (tertiary alicyclic amines) is 1. The monoisotopic (exact) mass is 463 g/mol. The molecule has 33 heavy (non-hydrogen) atoms. The van der Waals surface area contributed by atoms with E-state index in [0.717, 1.165) is 11.1 Å². The molecule has 6 nitrogen and oxygen atoms in total. The molecule has 0 saturated carbocycles. The first-order valence-corrected chi connectivity index (χ1v) is 11.6. The zero-order valence-electron chi connectivity index (χ0n) is 17.8. The Morgan fingerprint density at radius 1 is 1.09 bits per heavy atom. The molecule has 0 bridgehead atoms. The SMILES string of the molecule is O=C(c1ccccc1)N1CCC(O)(Cn2cnc3c(-c4ccc(F)cc4)csc3c2=O)CC1. The molecule has 1 amide bonds. The van der Waals surface area contributed by atoms with Gasteiger partial charge >= 0.3 is 0 Å². The highest BCUT2D eigenvalue weighted by Gasteiger charge is 2.35. The van der Waals surface area contributed by atoms with Crippen molar-refractivity contribution in [3.05, 3.63) is 88.0 Å². The highest BCUT2D eigenvalue weighted by molar-refractivity contribution is 7.17. The second kappa shape index (κ2) is 8.53. The van der Waals surface area contributed by atoms with Crippen LogP contribution in [0.25, 0.3) is 21.3 Å². The van der Waals surface area contributed by atoms with Gasteiger partial charge in [-0.1, -0.05) is 30.3 Å². The summed E-state index contributed by atoms with van der Waals surface area (Å²) in [6.45, 7) is 0.955. The zero-order chi connectivity index (χ0) is 23.0. The molecule has 168 valence electrons. The molecular formula is C25H22FN3O3S. The van der Waals surface area contributed by atoms with Gasteiger partial charge in [-0.25, -0.2) is 9.37 Å². The van der Waals surface area contributed by atoms with Gasteiger partial charge < -0.3 is 10.0 Å². The second-order valence-electron chi connectivity index (χ2n) is 8.39. The molecule has 3 heterocycles. The van der Waals surface area contributed by atoms with E-state index in [1.165, 1.54) is 34.4 Å². The first kappa shape index (κ1) is 21.5. The van der Waals surface area contributed by atoms with Crippen LogP contribution in [-0.2, 0) is 6.54 Å². The van der Waals surface area contributed by atoms with Gasteiger partial charge in [0.05, 0.1) is 24.0 Å². The Hall–Kier alpha value is -3.36.